The van der Waals surface area contributed by atoms with Crippen molar-refractivity contribution < 1.29 is 4.74 Å². The zero-order valence-electron chi connectivity index (χ0n) is 16.2. The van der Waals surface area contributed by atoms with Crippen LogP contribution in [0.25, 0.3) is 0 Å². The van der Waals surface area contributed by atoms with E-state index >= 15 is 0 Å². The molecule has 0 bridgehead atoms. The largest absolute Gasteiger partial charge is 0.457 e. The number of aryl methyl sites for hydroxylation is 3. The molecule has 0 aromatic heterocycles. The van der Waals surface area contributed by atoms with Crippen LogP contribution in [-0.4, -0.2) is 0 Å². The molecule has 0 unspecified atom stereocenters. The van der Waals surface area contributed by atoms with Crippen molar-refractivity contribution in [3.05, 3.63) is 58.7 Å². The third-order valence-corrected chi connectivity index (χ3v) is 3.32. The van der Waals surface area contributed by atoms with E-state index in [-0.39, 0.29) is 0 Å². The molecular formula is C22H31NO. The van der Waals surface area contributed by atoms with E-state index < -0.39 is 0 Å². The van der Waals surface area contributed by atoms with E-state index in [9.17, 15) is 0 Å². The summed E-state index contributed by atoms with van der Waals surface area (Å²) in [5.74, 6) is 1.60. The second-order valence-electron chi connectivity index (χ2n) is 5.04. The van der Waals surface area contributed by atoms with Crippen LogP contribution in [0.3, 0.4) is 0 Å². The third-order valence-electron chi connectivity index (χ3n) is 3.32. The van der Waals surface area contributed by atoms with Crippen LogP contribution in [-0.2, 0) is 6.42 Å². The fraction of sp³-hybridized carbons (Fsp3) is 0.409. The molecule has 2 rings (SSSR count). The van der Waals surface area contributed by atoms with Crippen LogP contribution in [0.5, 0.6) is 11.5 Å². The number of nitrogens with zero attached hydrogens (tertiary/aromatic N) is 1. The van der Waals surface area contributed by atoms with Gasteiger partial charge < -0.3 is 4.74 Å². The Kier molecular flexibility index (Phi) is 11.0. The Balaban J connectivity index is 0.00000123. The average Bonchev–Trinajstić information content (AvgIpc) is 2.63. The lowest BCUT2D eigenvalue weighted by molar-refractivity contribution is 0.475. The topological polar surface area (TPSA) is 33.0 Å². The van der Waals surface area contributed by atoms with Gasteiger partial charge in [0.2, 0.25) is 0 Å². The summed E-state index contributed by atoms with van der Waals surface area (Å²) in [6.07, 6.45) is 2.23. The van der Waals surface area contributed by atoms with E-state index in [0.717, 1.165) is 35.5 Å². The molecule has 0 saturated heterocycles. The number of hydrogen-bond donors (Lipinski definition) is 0. The summed E-state index contributed by atoms with van der Waals surface area (Å²) in [7, 11) is 0. The molecule has 2 aromatic carbocycles. The monoisotopic (exact) mass is 325 g/mol. The molecule has 0 N–H and O–H groups in total. The zero-order valence-corrected chi connectivity index (χ0v) is 16.2. The van der Waals surface area contributed by atoms with Crippen molar-refractivity contribution in [1.29, 1.82) is 5.26 Å². The van der Waals surface area contributed by atoms with Gasteiger partial charge in [-0.2, -0.15) is 5.26 Å². The molecule has 0 spiro atoms. The number of benzene rings is 2. The predicted molar refractivity (Wildman–Crippen MR) is 104 cm³/mol. The molecule has 2 heteroatoms. The number of hydrogen-bond acceptors (Lipinski definition) is 2. The minimum atomic E-state index is 0.617. The van der Waals surface area contributed by atoms with Gasteiger partial charge in [-0.05, 0) is 55.2 Å². The van der Waals surface area contributed by atoms with Crippen molar-refractivity contribution in [2.75, 3.05) is 0 Å². The van der Waals surface area contributed by atoms with Crippen molar-refractivity contribution in [2.45, 2.75) is 61.3 Å². The first-order valence-corrected chi connectivity index (χ1v) is 8.92. The van der Waals surface area contributed by atoms with E-state index in [2.05, 4.69) is 32.0 Å². The van der Waals surface area contributed by atoms with Crippen molar-refractivity contribution >= 4 is 0 Å². The quantitative estimate of drug-likeness (QED) is 0.608. The second-order valence-corrected chi connectivity index (χ2v) is 5.04. The van der Waals surface area contributed by atoms with Gasteiger partial charge >= 0.3 is 0 Å². The first-order chi connectivity index (χ1) is 11.6. The highest BCUT2D eigenvalue weighted by Crippen LogP contribution is 2.29. The lowest BCUT2D eigenvalue weighted by atomic mass is 10.1. The Labute approximate surface area is 148 Å². The summed E-state index contributed by atoms with van der Waals surface area (Å²) in [5, 5.41) is 8.96. The van der Waals surface area contributed by atoms with Crippen molar-refractivity contribution in [3.8, 4) is 17.6 Å². The molecule has 0 heterocycles. The van der Waals surface area contributed by atoms with Crippen LogP contribution in [0, 0.1) is 25.2 Å². The lowest BCUT2D eigenvalue weighted by Gasteiger charge is -2.12. The van der Waals surface area contributed by atoms with Crippen molar-refractivity contribution in [3.63, 3.8) is 0 Å². The number of ether oxygens (including phenoxy) is 1. The summed E-state index contributed by atoms with van der Waals surface area (Å²) < 4.78 is 5.96. The van der Waals surface area contributed by atoms with Crippen LogP contribution in [0.4, 0.5) is 0 Å². The Bertz CT molecular complexity index is 654. The Hall–Kier alpha value is -2.27. The summed E-state index contributed by atoms with van der Waals surface area (Å²) in [5.41, 5.74) is 4.10. The van der Waals surface area contributed by atoms with Crippen LogP contribution < -0.4 is 4.74 Å². The minimum Gasteiger partial charge on any atom is -0.457 e. The van der Waals surface area contributed by atoms with Gasteiger partial charge in [0.05, 0.1) is 11.6 Å². The van der Waals surface area contributed by atoms with Gasteiger partial charge in [-0.15, -0.1) is 0 Å². The van der Waals surface area contributed by atoms with E-state index in [1.54, 1.807) is 12.1 Å². The highest BCUT2D eigenvalue weighted by molar-refractivity contribution is 5.46. The number of rotatable bonds is 4. The fourth-order valence-corrected chi connectivity index (χ4v) is 2.17. The van der Waals surface area contributed by atoms with Crippen LogP contribution in [0.1, 0.15) is 63.3 Å². The fourth-order valence-electron chi connectivity index (χ4n) is 2.17. The first kappa shape index (κ1) is 21.7. The average molecular weight is 325 g/mol. The van der Waals surface area contributed by atoms with E-state index in [4.69, 9.17) is 10.00 Å². The van der Waals surface area contributed by atoms with E-state index in [0.29, 0.717) is 5.56 Å². The molecule has 130 valence electrons. The molecule has 0 aliphatic carbocycles. The molecule has 0 saturated carbocycles. The minimum absolute atomic E-state index is 0.617. The molecule has 2 nitrogen and oxygen atoms in total. The van der Waals surface area contributed by atoms with Crippen LogP contribution in [0.15, 0.2) is 36.4 Å². The predicted octanol–water partition coefficient (Wildman–Crippen LogP) is 6.97. The first-order valence-electron chi connectivity index (χ1n) is 8.92. The van der Waals surface area contributed by atoms with Crippen LogP contribution in [0.2, 0.25) is 0 Å². The Morgan fingerprint density at radius 1 is 0.875 bits per heavy atom. The van der Waals surface area contributed by atoms with Gasteiger partial charge in [-0.25, -0.2) is 0 Å². The maximum Gasteiger partial charge on any atom is 0.131 e. The summed E-state index contributed by atoms with van der Waals surface area (Å²) in [6, 6.07) is 13.9. The molecule has 24 heavy (non-hydrogen) atoms. The third kappa shape index (κ3) is 6.46. The van der Waals surface area contributed by atoms with Gasteiger partial charge in [0.1, 0.15) is 11.5 Å². The summed E-state index contributed by atoms with van der Waals surface area (Å²) in [6.45, 7) is 14.2. The van der Waals surface area contributed by atoms with Crippen molar-refractivity contribution in [1.82, 2.24) is 0 Å². The van der Waals surface area contributed by atoms with Crippen molar-refractivity contribution in [2.24, 2.45) is 0 Å². The lowest BCUT2D eigenvalue weighted by Crippen LogP contribution is -1.93. The molecule has 0 amide bonds. The second kappa shape index (κ2) is 12.2. The Morgan fingerprint density at radius 3 is 2.08 bits per heavy atom. The highest BCUT2D eigenvalue weighted by Gasteiger charge is 2.06. The molecule has 0 atom stereocenters. The normalized spacial score (nSPS) is 8.92. The van der Waals surface area contributed by atoms with Gasteiger partial charge in [0.25, 0.3) is 0 Å². The molecular weight excluding hydrogens is 294 g/mol. The number of nitriles is 1. The van der Waals surface area contributed by atoms with Crippen LogP contribution >= 0.6 is 0 Å². The van der Waals surface area contributed by atoms with E-state index in [1.165, 1.54) is 5.56 Å². The summed E-state index contributed by atoms with van der Waals surface area (Å²) in [4.78, 5) is 0. The standard InChI is InChI=1S/C18H19NO.2C2H6/c1-4-5-15-8-9-17(14(3)10-15)20-18-11-16(12-19)7-6-13(18)2;2*1-2/h6-11H,4-5H2,1-3H3;2*1-2H3. The SMILES string of the molecule is CC.CC.CCCc1ccc(Oc2cc(C#N)ccc2C)c(C)c1. The van der Waals surface area contributed by atoms with Gasteiger partial charge in [0, 0.05) is 0 Å². The van der Waals surface area contributed by atoms with Gasteiger partial charge in [-0.3, -0.25) is 0 Å². The highest BCUT2D eigenvalue weighted by atomic mass is 16.5. The molecule has 0 aliphatic rings. The van der Waals surface area contributed by atoms with Gasteiger partial charge in [-0.1, -0.05) is 59.2 Å². The zero-order chi connectivity index (χ0) is 18.5. The maximum absolute atomic E-state index is 8.96. The van der Waals surface area contributed by atoms with Gasteiger partial charge in [0.15, 0.2) is 0 Å². The summed E-state index contributed by atoms with van der Waals surface area (Å²) >= 11 is 0. The molecule has 0 aliphatic heterocycles. The maximum atomic E-state index is 8.96. The molecule has 2 aromatic rings. The smallest absolute Gasteiger partial charge is 0.131 e. The van der Waals surface area contributed by atoms with E-state index in [1.807, 2.05) is 46.8 Å². The molecule has 0 fully saturated rings. The molecule has 0 radical (unpaired) electrons. The Morgan fingerprint density at radius 2 is 1.54 bits per heavy atom.